The van der Waals surface area contributed by atoms with Crippen molar-refractivity contribution in [3.05, 3.63) is 42.1 Å². The first-order chi connectivity index (χ1) is 11.6. The van der Waals surface area contributed by atoms with E-state index in [0.717, 1.165) is 47.7 Å². The molecule has 0 spiro atoms. The van der Waals surface area contributed by atoms with E-state index in [1.807, 2.05) is 42.2 Å². The first-order valence-corrected chi connectivity index (χ1v) is 8.60. The Morgan fingerprint density at radius 3 is 2.71 bits per heavy atom. The molecule has 1 aromatic carbocycles. The van der Waals surface area contributed by atoms with Gasteiger partial charge in [0.15, 0.2) is 0 Å². The molecule has 3 atom stereocenters. The van der Waals surface area contributed by atoms with E-state index in [-0.39, 0.29) is 6.03 Å². The van der Waals surface area contributed by atoms with Crippen LogP contribution >= 0.6 is 0 Å². The molecule has 0 radical (unpaired) electrons. The number of nitrogens with one attached hydrogen (secondary N) is 1. The summed E-state index contributed by atoms with van der Waals surface area (Å²) < 4.78 is 0. The Balaban J connectivity index is 1.52. The molecule has 2 fully saturated rings. The molecule has 24 heavy (non-hydrogen) atoms. The second kappa shape index (κ2) is 5.89. The molecular weight excluding hydrogens is 300 g/mol. The Labute approximate surface area is 142 Å². The van der Waals surface area contributed by atoms with Gasteiger partial charge in [-0.15, -0.1) is 0 Å². The first kappa shape index (κ1) is 15.1. The van der Waals surface area contributed by atoms with E-state index in [4.69, 9.17) is 0 Å². The van der Waals surface area contributed by atoms with E-state index in [1.165, 1.54) is 0 Å². The summed E-state index contributed by atoms with van der Waals surface area (Å²) in [5, 5.41) is 11.2. The lowest BCUT2D eigenvalue weighted by Crippen LogP contribution is -2.63. The van der Waals surface area contributed by atoms with Gasteiger partial charge in [-0.3, -0.25) is 0 Å². The molecule has 2 aliphatic heterocycles. The first-order valence-electron chi connectivity index (χ1n) is 8.60. The van der Waals surface area contributed by atoms with Gasteiger partial charge in [-0.25, -0.2) is 4.79 Å². The smallest absolute Gasteiger partial charge is 0.318 e. The molecule has 124 valence electrons. The van der Waals surface area contributed by atoms with Crippen LogP contribution in [0.25, 0.3) is 11.3 Å². The topological polar surface area (TPSA) is 58.1 Å². The van der Waals surface area contributed by atoms with Gasteiger partial charge in [0, 0.05) is 29.5 Å². The van der Waals surface area contributed by atoms with Gasteiger partial charge in [-0.1, -0.05) is 13.0 Å². The van der Waals surface area contributed by atoms with Crippen LogP contribution < -0.4 is 5.32 Å². The fourth-order valence-electron chi connectivity index (χ4n) is 4.09. The molecule has 5 heteroatoms. The third-order valence-corrected chi connectivity index (χ3v) is 5.25. The summed E-state index contributed by atoms with van der Waals surface area (Å²) in [5.74, 6) is 0.737. The molecule has 2 amide bonds. The molecule has 4 rings (SSSR count). The fraction of sp³-hybridized carbons (Fsp3) is 0.421. The maximum absolute atomic E-state index is 12.6. The van der Waals surface area contributed by atoms with Crippen LogP contribution in [0.4, 0.5) is 10.5 Å². The third-order valence-electron chi connectivity index (χ3n) is 5.25. The van der Waals surface area contributed by atoms with E-state index < -0.39 is 0 Å². The minimum absolute atomic E-state index is 0.0251. The lowest BCUT2D eigenvalue weighted by molar-refractivity contribution is -0.00600. The molecule has 2 aliphatic rings. The Morgan fingerprint density at radius 1 is 1.21 bits per heavy atom. The number of fused-ring (bicyclic) bond motifs is 2. The number of rotatable bonds is 2. The molecule has 0 saturated carbocycles. The van der Waals surface area contributed by atoms with Crippen LogP contribution in [0.1, 0.15) is 31.7 Å². The Kier molecular flexibility index (Phi) is 3.71. The SMILES string of the molecule is Cc1ccc(NC(=O)N2[C@@H]3CC(C)C[C@H]2C3)cc1-c1cccnn1. The highest BCUT2D eigenvalue weighted by Gasteiger charge is 2.46. The highest BCUT2D eigenvalue weighted by atomic mass is 16.2. The van der Waals surface area contributed by atoms with Crippen LogP contribution in [0.15, 0.2) is 36.5 Å². The predicted octanol–water partition coefficient (Wildman–Crippen LogP) is 3.86. The number of piperidine rings is 1. The summed E-state index contributed by atoms with van der Waals surface area (Å²) in [7, 11) is 0. The number of carbonyl (C=O) groups is 1. The zero-order chi connectivity index (χ0) is 16.7. The number of urea groups is 1. The number of aromatic nitrogens is 2. The standard InChI is InChI=1S/C19H22N4O/c1-12-8-15-11-16(9-12)23(15)19(24)21-14-6-5-13(2)17(10-14)18-4-3-7-20-22-18/h3-7,10,12,15-16H,8-9,11H2,1-2H3,(H,21,24)/t12?,15-,16+. The van der Waals surface area contributed by atoms with Gasteiger partial charge in [0.25, 0.3) is 0 Å². The molecule has 2 aromatic rings. The fourth-order valence-corrected chi connectivity index (χ4v) is 4.09. The van der Waals surface area contributed by atoms with Crippen LogP contribution in [0.3, 0.4) is 0 Å². The average molecular weight is 322 g/mol. The summed E-state index contributed by atoms with van der Waals surface area (Å²) in [5.41, 5.74) is 3.74. The highest BCUT2D eigenvalue weighted by Crippen LogP contribution is 2.41. The van der Waals surface area contributed by atoms with Gasteiger partial charge in [0.1, 0.15) is 0 Å². The molecule has 1 aromatic heterocycles. The van der Waals surface area contributed by atoms with Gasteiger partial charge in [0.05, 0.1) is 5.69 Å². The van der Waals surface area contributed by atoms with Crippen molar-refractivity contribution < 1.29 is 4.79 Å². The van der Waals surface area contributed by atoms with Crippen molar-refractivity contribution in [3.63, 3.8) is 0 Å². The van der Waals surface area contributed by atoms with Crippen LogP contribution in [0.2, 0.25) is 0 Å². The number of benzene rings is 1. The van der Waals surface area contributed by atoms with Crippen LogP contribution in [-0.2, 0) is 0 Å². The summed E-state index contributed by atoms with van der Waals surface area (Å²) in [6.45, 7) is 4.32. The van der Waals surface area contributed by atoms with Crippen molar-refractivity contribution in [1.29, 1.82) is 0 Å². The minimum Gasteiger partial charge on any atom is -0.318 e. The van der Waals surface area contributed by atoms with E-state index in [1.54, 1.807) is 6.20 Å². The van der Waals surface area contributed by atoms with Gasteiger partial charge >= 0.3 is 6.03 Å². The lowest BCUT2D eigenvalue weighted by Gasteiger charge is -2.54. The zero-order valence-electron chi connectivity index (χ0n) is 14.1. The Hall–Kier alpha value is -2.43. The maximum atomic E-state index is 12.6. The number of hydrogen-bond acceptors (Lipinski definition) is 3. The number of amides is 2. The van der Waals surface area contributed by atoms with Crippen molar-refractivity contribution >= 4 is 11.7 Å². The van der Waals surface area contributed by atoms with Crippen molar-refractivity contribution in [1.82, 2.24) is 15.1 Å². The predicted molar refractivity (Wildman–Crippen MR) is 93.7 cm³/mol. The van der Waals surface area contributed by atoms with Crippen molar-refractivity contribution in [3.8, 4) is 11.3 Å². The molecule has 3 heterocycles. The maximum Gasteiger partial charge on any atom is 0.322 e. The zero-order valence-corrected chi connectivity index (χ0v) is 14.1. The summed E-state index contributed by atoms with van der Waals surface area (Å²) in [6, 6.07) is 10.6. The van der Waals surface area contributed by atoms with E-state index >= 15 is 0 Å². The van der Waals surface area contributed by atoms with Crippen molar-refractivity contribution in [2.24, 2.45) is 5.92 Å². The number of anilines is 1. The Bertz CT molecular complexity index is 749. The second-order valence-corrected chi connectivity index (χ2v) is 7.10. The molecule has 0 aliphatic carbocycles. The molecule has 5 nitrogen and oxygen atoms in total. The van der Waals surface area contributed by atoms with E-state index in [2.05, 4.69) is 22.4 Å². The highest BCUT2D eigenvalue weighted by molar-refractivity contribution is 5.91. The monoisotopic (exact) mass is 322 g/mol. The van der Waals surface area contributed by atoms with Crippen molar-refractivity contribution in [2.75, 3.05) is 5.32 Å². The van der Waals surface area contributed by atoms with Crippen LogP contribution in [0.5, 0.6) is 0 Å². The lowest BCUT2D eigenvalue weighted by atomic mass is 9.74. The normalized spacial score (nSPS) is 25.1. The number of hydrogen-bond donors (Lipinski definition) is 1. The quantitative estimate of drug-likeness (QED) is 0.913. The molecular formula is C19H22N4O. The van der Waals surface area contributed by atoms with Gasteiger partial charge in [0.2, 0.25) is 0 Å². The summed E-state index contributed by atoms with van der Waals surface area (Å²) >= 11 is 0. The molecule has 2 saturated heterocycles. The summed E-state index contributed by atoms with van der Waals surface area (Å²) in [4.78, 5) is 14.7. The van der Waals surface area contributed by atoms with Gasteiger partial charge < -0.3 is 10.2 Å². The van der Waals surface area contributed by atoms with Gasteiger partial charge in [-0.05, 0) is 61.9 Å². The number of nitrogens with zero attached hydrogens (tertiary/aromatic N) is 3. The van der Waals surface area contributed by atoms with E-state index in [9.17, 15) is 4.79 Å². The average Bonchev–Trinajstić information content (AvgIpc) is 2.57. The summed E-state index contributed by atoms with van der Waals surface area (Å²) in [6.07, 6.45) is 5.08. The van der Waals surface area contributed by atoms with Gasteiger partial charge in [-0.2, -0.15) is 10.2 Å². The Morgan fingerprint density at radius 2 is 2.00 bits per heavy atom. The van der Waals surface area contributed by atoms with Crippen LogP contribution in [0, 0.1) is 12.8 Å². The number of carbonyl (C=O) groups excluding carboxylic acids is 1. The largest absolute Gasteiger partial charge is 0.322 e. The van der Waals surface area contributed by atoms with Crippen LogP contribution in [-0.4, -0.2) is 33.2 Å². The second-order valence-electron chi connectivity index (χ2n) is 7.10. The molecule has 2 bridgehead atoms. The number of aryl methyl sites for hydroxylation is 1. The third kappa shape index (κ3) is 2.64. The molecule has 1 N–H and O–H groups in total. The van der Waals surface area contributed by atoms with Crippen molar-refractivity contribution in [2.45, 2.75) is 45.2 Å². The molecule has 1 unspecified atom stereocenters. The minimum atomic E-state index is 0.0251. The van der Waals surface area contributed by atoms with E-state index in [0.29, 0.717) is 12.1 Å².